The van der Waals surface area contributed by atoms with Gasteiger partial charge in [-0.15, -0.1) is 0 Å². The lowest BCUT2D eigenvalue weighted by Crippen LogP contribution is -2.28. The first-order valence-electron chi connectivity index (χ1n) is 7.33. The van der Waals surface area contributed by atoms with Gasteiger partial charge in [-0.1, -0.05) is 37.0 Å². The van der Waals surface area contributed by atoms with Crippen LogP contribution in [0.15, 0.2) is 29.4 Å². The van der Waals surface area contributed by atoms with Crippen molar-refractivity contribution < 1.29 is 14.6 Å². The third-order valence-corrected chi connectivity index (χ3v) is 3.21. The Balaban J connectivity index is 2.71. The molecule has 120 valence electrons. The van der Waals surface area contributed by atoms with Gasteiger partial charge in [0.05, 0.1) is 18.7 Å². The Hall–Kier alpha value is -2.40. The highest BCUT2D eigenvalue weighted by molar-refractivity contribution is 5.65. The quantitative estimate of drug-likeness (QED) is 0.404. The predicted molar refractivity (Wildman–Crippen MR) is 84.0 cm³/mol. The summed E-state index contributed by atoms with van der Waals surface area (Å²) in [6, 6.07) is 6.57. The first kappa shape index (κ1) is 17.7. The molecule has 1 aromatic carbocycles. The predicted octanol–water partition coefficient (Wildman–Crippen LogP) is 4.26. The fraction of sp³-hybridized carbons (Fsp3) is 0.533. The zero-order chi connectivity index (χ0) is 16.4. The van der Waals surface area contributed by atoms with E-state index in [1.165, 1.54) is 0 Å². The Bertz CT molecular complexity index is 508. The summed E-state index contributed by atoms with van der Waals surface area (Å²) in [5.41, 5.74) is 9.10. The molecular formula is C15H22N4O3. The van der Waals surface area contributed by atoms with Crippen LogP contribution in [0.2, 0.25) is 0 Å². The smallest absolute Gasteiger partial charge is 0.405 e. The number of rotatable bonds is 9. The van der Waals surface area contributed by atoms with Crippen LogP contribution in [0.25, 0.3) is 10.4 Å². The minimum absolute atomic E-state index is 0.0237. The maximum absolute atomic E-state index is 10.8. The zero-order valence-electron chi connectivity index (χ0n) is 12.9. The normalized spacial score (nSPS) is 12.8. The van der Waals surface area contributed by atoms with Crippen molar-refractivity contribution in [1.82, 2.24) is 5.32 Å². The van der Waals surface area contributed by atoms with Gasteiger partial charge < -0.3 is 15.2 Å². The van der Waals surface area contributed by atoms with E-state index in [0.717, 1.165) is 30.6 Å². The summed E-state index contributed by atoms with van der Waals surface area (Å²) in [5.74, 6) is 0.741. The number of carbonyl (C=O) groups is 1. The summed E-state index contributed by atoms with van der Waals surface area (Å²) in [6.07, 6.45) is 2.23. The van der Waals surface area contributed by atoms with Gasteiger partial charge in [0.1, 0.15) is 5.75 Å². The molecule has 0 aliphatic carbocycles. The average Bonchev–Trinajstić information content (AvgIpc) is 2.50. The molecule has 0 bridgehead atoms. The number of unbranched alkanes of at least 4 members (excludes halogenated alkanes) is 1. The Morgan fingerprint density at radius 2 is 2.14 bits per heavy atom. The minimum atomic E-state index is -1.16. The summed E-state index contributed by atoms with van der Waals surface area (Å²) in [7, 11) is 0. The molecule has 0 heterocycles. The van der Waals surface area contributed by atoms with E-state index in [9.17, 15) is 4.79 Å². The van der Waals surface area contributed by atoms with Gasteiger partial charge in [-0.2, -0.15) is 0 Å². The highest BCUT2D eigenvalue weighted by Crippen LogP contribution is 2.20. The molecule has 1 aromatic rings. The van der Waals surface area contributed by atoms with Crippen LogP contribution < -0.4 is 10.1 Å². The van der Waals surface area contributed by atoms with Gasteiger partial charge in [0.2, 0.25) is 0 Å². The van der Waals surface area contributed by atoms with Crippen LogP contribution in [0.1, 0.15) is 44.7 Å². The number of benzene rings is 1. The fourth-order valence-electron chi connectivity index (χ4n) is 2.06. The van der Waals surface area contributed by atoms with Crippen LogP contribution in [-0.4, -0.2) is 23.8 Å². The van der Waals surface area contributed by atoms with Crippen molar-refractivity contribution in [3.63, 3.8) is 0 Å². The second-order valence-electron chi connectivity index (χ2n) is 5.06. The first-order valence-corrected chi connectivity index (χ1v) is 7.33. The van der Waals surface area contributed by atoms with Crippen LogP contribution in [0.5, 0.6) is 5.75 Å². The molecule has 0 aliphatic rings. The number of amides is 1. The standard InChI is InChI=1S/C15H22N4O3/c1-3-4-5-11(2)22-13-8-6-12(7-9-13)14(10-17-19-16)18-15(20)21/h6-9,11,14,18H,3-5,10H2,1-2H3,(H,20,21). The van der Waals surface area contributed by atoms with Crippen molar-refractivity contribution in [2.45, 2.75) is 45.3 Å². The molecule has 7 nitrogen and oxygen atoms in total. The van der Waals surface area contributed by atoms with E-state index in [2.05, 4.69) is 22.3 Å². The second-order valence-corrected chi connectivity index (χ2v) is 5.06. The van der Waals surface area contributed by atoms with Crippen molar-refractivity contribution >= 4 is 6.09 Å². The maximum atomic E-state index is 10.8. The van der Waals surface area contributed by atoms with E-state index in [0.29, 0.717) is 0 Å². The van der Waals surface area contributed by atoms with E-state index in [1.54, 1.807) is 24.3 Å². The lowest BCUT2D eigenvalue weighted by molar-refractivity contribution is 0.190. The number of hydrogen-bond acceptors (Lipinski definition) is 3. The van der Waals surface area contributed by atoms with E-state index >= 15 is 0 Å². The highest BCUT2D eigenvalue weighted by Gasteiger charge is 2.13. The van der Waals surface area contributed by atoms with Gasteiger partial charge in [0, 0.05) is 4.91 Å². The maximum Gasteiger partial charge on any atom is 0.405 e. The van der Waals surface area contributed by atoms with Crippen molar-refractivity contribution in [2.75, 3.05) is 6.54 Å². The molecule has 1 rings (SSSR count). The Kier molecular flexibility index (Phi) is 7.64. The van der Waals surface area contributed by atoms with Gasteiger partial charge in [-0.3, -0.25) is 0 Å². The number of azide groups is 1. The van der Waals surface area contributed by atoms with Crippen molar-refractivity contribution in [2.24, 2.45) is 5.11 Å². The summed E-state index contributed by atoms with van der Waals surface area (Å²) >= 11 is 0. The second kappa shape index (κ2) is 9.52. The molecule has 7 heteroatoms. The molecule has 0 spiro atoms. The van der Waals surface area contributed by atoms with Crippen LogP contribution in [0.4, 0.5) is 4.79 Å². The van der Waals surface area contributed by atoms with Gasteiger partial charge in [-0.05, 0) is 36.6 Å². The molecule has 0 aliphatic heterocycles. The zero-order valence-corrected chi connectivity index (χ0v) is 12.9. The van der Waals surface area contributed by atoms with Crippen LogP contribution >= 0.6 is 0 Å². The number of carboxylic acid groups (broad SMARTS) is 1. The Morgan fingerprint density at radius 1 is 1.45 bits per heavy atom. The van der Waals surface area contributed by atoms with Crippen molar-refractivity contribution in [1.29, 1.82) is 0 Å². The van der Waals surface area contributed by atoms with E-state index in [1.807, 2.05) is 6.92 Å². The van der Waals surface area contributed by atoms with E-state index in [-0.39, 0.29) is 12.6 Å². The molecule has 1 amide bonds. The van der Waals surface area contributed by atoms with E-state index < -0.39 is 12.1 Å². The summed E-state index contributed by atoms with van der Waals surface area (Å²) in [5, 5.41) is 14.6. The molecule has 0 saturated heterocycles. The van der Waals surface area contributed by atoms with Crippen LogP contribution in [-0.2, 0) is 0 Å². The topological polar surface area (TPSA) is 107 Å². The number of nitrogens with one attached hydrogen (secondary N) is 1. The first-order chi connectivity index (χ1) is 10.6. The molecule has 2 atom stereocenters. The largest absolute Gasteiger partial charge is 0.491 e. The fourth-order valence-corrected chi connectivity index (χ4v) is 2.06. The van der Waals surface area contributed by atoms with Crippen LogP contribution in [0, 0.1) is 0 Å². The SMILES string of the molecule is CCCCC(C)Oc1ccc(C(CN=[N+]=[N-])NC(=O)O)cc1. The molecule has 0 saturated carbocycles. The summed E-state index contributed by atoms with van der Waals surface area (Å²) in [6.45, 7) is 4.19. The van der Waals surface area contributed by atoms with E-state index in [4.69, 9.17) is 15.4 Å². The Morgan fingerprint density at radius 3 is 2.68 bits per heavy atom. The van der Waals surface area contributed by atoms with Gasteiger partial charge in [0.25, 0.3) is 0 Å². The molecule has 2 unspecified atom stereocenters. The van der Waals surface area contributed by atoms with Crippen molar-refractivity contribution in [3.05, 3.63) is 40.3 Å². The molecular weight excluding hydrogens is 284 g/mol. The molecule has 2 N–H and O–H groups in total. The Labute approximate surface area is 129 Å². The van der Waals surface area contributed by atoms with Gasteiger partial charge in [0.15, 0.2) is 0 Å². The molecule has 0 radical (unpaired) electrons. The third-order valence-electron chi connectivity index (χ3n) is 3.21. The number of ether oxygens (including phenoxy) is 1. The minimum Gasteiger partial charge on any atom is -0.491 e. The van der Waals surface area contributed by atoms with Crippen molar-refractivity contribution in [3.8, 4) is 5.75 Å². The lowest BCUT2D eigenvalue weighted by Gasteiger charge is -2.17. The monoisotopic (exact) mass is 306 g/mol. The molecule has 0 fully saturated rings. The highest BCUT2D eigenvalue weighted by atomic mass is 16.5. The number of nitrogens with zero attached hydrogens (tertiary/aromatic N) is 3. The number of hydrogen-bond donors (Lipinski definition) is 2. The van der Waals surface area contributed by atoms with Gasteiger partial charge in [-0.25, -0.2) is 4.79 Å². The molecule has 22 heavy (non-hydrogen) atoms. The molecule has 0 aromatic heterocycles. The average molecular weight is 306 g/mol. The summed E-state index contributed by atoms with van der Waals surface area (Å²) in [4.78, 5) is 13.4. The van der Waals surface area contributed by atoms with Crippen LogP contribution in [0.3, 0.4) is 0 Å². The lowest BCUT2D eigenvalue weighted by atomic mass is 10.1. The summed E-state index contributed by atoms with van der Waals surface area (Å²) < 4.78 is 5.79. The third kappa shape index (κ3) is 6.37. The van der Waals surface area contributed by atoms with Gasteiger partial charge >= 0.3 is 6.09 Å².